The van der Waals surface area contributed by atoms with E-state index in [1.807, 2.05) is 24.3 Å². The van der Waals surface area contributed by atoms with E-state index >= 15 is 0 Å². The van der Waals surface area contributed by atoms with Crippen molar-refractivity contribution in [1.82, 2.24) is 0 Å². The summed E-state index contributed by atoms with van der Waals surface area (Å²) in [5, 5.41) is 0. The van der Waals surface area contributed by atoms with E-state index in [2.05, 4.69) is 47.8 Å². The Morgan fingerprint density at radius 3 is 2.17 bits per heavy atom. The summed E-state index contributed by atoms with van der Waals surface area (Å²) in [5.41, 5.74) is 0.945. The lowest BCUT2D eigenvalue weighted by molar-refractivity contribution is -0.109. The molecule has 0 unspecified atom stereocenters. The first-order valence-corrected chi connectivity index (χ1v) is 5.70. The van der Waals surface area contributed by atoms with Crippen molar-refractivity contribution in [3.8, 4) is 0 Å². The van der Waals surface area contributed by atoms with Gasteiger partial charge in [-0.15, -0.1) is 0 Å². The van der Waals surface area contributed by atoms with Crippen molar-refractivity contribution in [2.45, 2.75) is 4.83 Å². The summed E-state index contributed by atoms with van der Waals surface area (Å²) in [6.45, 7) is 0. The molecule has 0 saturated heterocycles. The first-order chi connectivity index (χ1) is 5.61. The lowest BCUT2D eigenvalue weighted by atomic mass is 10.2. The Morgan fingerprint density at radius 2 is 1.75 bits per heavy atom. The van der Waals surface area contributed by atoms with Crippen LogP contribution in [0.4, 0.5) is 0 Å². The summed E-state index contributed by atoms with van der Waals surface area (Å²) in [4.78, 5) is 10.6. The lowest BCUT2D eigenvalue weighted by Gasteiger charge is -2.03. The minimum absolute atomic E-state index is 0.0650. The molecule has 0 heterocycles. The largest absolute Gasteiger partial charge is 0.285 e. The van der Waals surface area contributed by atoms with Crippen molar-refractivity contribution < 1.29 is 4.79 Å². The predicted octanol–water partition coefficient (Wildman–Crippen LogP) is 3.81. The van der Waals surface area contributed by atoms with Gasteiger partial charge >= 0.3 is 0 Å². The Labute approximate surface area is 95.9 Å². The minimum atomic E-state index is -0.259. The highest BCUT2D eigenvalue weighted by Crippen LogP contribution is 2.26. The van der Waals surface area contributed by atoms with E-state index in [-0.39, 0.29) is 9.52 Å². The van der Waals surface area contributed by atoms with E-state index in [0.29, 0.717) is 0 Å². The van der Waals surface area contributed by atoms with E-state index in [0.717, 1.165) is 10.0 Å². The molecule has 0 aliphatic carbocycles. The van der Waals surface area contributed by atoms with Crippen LogP contribution in [0.3, 0.4) is 0 Å². The molecule has 0 aliphatic rings. The first kappa shape index (κ1) is 10.4. The molecular weight excluding hydrogens is 352 g/mol. The summed E-state index contributed by atoms with van der Waals surface area (Å²) in [7, 11) is 0. The molecule has 1 aromatic carbocycles. The van der Waals surface area contributed by atoms with E-state index in [1.165, 1.54) is 0 Å². The SMILES string of the molecule is O=C(Br)[C@@H](Br)c1ccc(Br)cc1. The average Bonchev–Trinajstić information content (AvgIpc) is 2.04. The Hall–Kier alpha value is 0.330. The van der Waals surface area contributed by atoms with Gasteiger partial charge in [0.15, 0.2) is 0 Å². The lowest BCUT2D eigenvalue weighted by Crippen LogP contribution is -1.96. The zero-order valence-corrected chi connectivity index (χ0v) is 10.7. The molecule has 1 nitrogen and oxygen atoms in total. The van der Waals surface area contributed by atoms with Crippen molar-refractivity contribution in [3.05, 3.63) is 34.3 Å². The van der Waals surface area contributed by atoms with Crippen LogP contribution in [0.2, 0.25) is 0 Å². The molecule has 1 atom stereocenters. The number of carbonyl (C=O) groups excluding carboxylic acids is 1. The zero-order valence-electron chi connectivity index (χ0n) is 5.93. The number of rotatable bonds is 2. The Balaban J connectivity index is 2.89. The van der Waals surface area contributed by atoms with Crippen LogP contribution in [0.1, 0.15) is 10.4 Å². The number of benzene rings is 1. The smallest absolute Gasteiger partial charge is 0.215 e. The zero-order chi connectivity index (χ0) is 9.14. The maximum atomic E-state index is 10.9. The van der Waals surface area contributed by atoms with Crippen LogP contribution >= 0.6 is 47.8 Å². The third-order valence-corrected chi connectivity index (χ3v) is 3.91. The number of hydrogen-bond acceptors (Lipinski definition) is 1. The molecule has 0 aliphatic heterocycles. The highest BCUT2D eigenvalue weighted by Gasteiger charge is 2.12. The van der Waals surface area contributed by atoms with Gasteiger partial charge in [0.1, 0.15) is 4.83 Å². The third kappa shape index (κ3) is 2.68. The molecule has 0 radical (unpaired) electrons. The van der Waals surface area contributed by atoms with Gasteiger partial charge in [0.25, 0.3) is 0 Å². The Bertz CT molecular complexity index is 281. The van der Waals surface area contributed by atoms with Crippen LogP contribution in [0.25, 0.3) is 0 Å². The molecule has 0 spiro atoms. The summed E-state index contributed by atoms with van der Waals surface area (Å²) in [6, 6.07) is 7.59. The van der Waals surface area contributed by atoms with Gasteiger partial charge in [0.2, 0.25) is 4.69 Å². The van der Waals surface area contributed by atoms with E-state index in [9.17, 15) is 4.79 Å². The molecule has 1 aromatic rings. The van der Waals surface area contributed by atoms with Crippen LogP contribution in [0, 0.1) is 0 Å². The maximum Gasteiger partial charge on any atom is 0.215 e. The second-order valence-electron chi connectivity index (χ2n) is 2.22. The van der Waals surface area contributed by atoms with E-state index in [1.54, 1.807) is 0 Å². The van der Waals surface area contributed by atoms with Crippen LogP contribution in [0.15, 0.2) is 28.7 Å². The molecule has 4 heteroatoms. The highest BCUT2D eigenvalue weighted by molar-refractivity contribution is 9.19. The van der Waals surface area contributed by atoms with Gasteiger partial charge in [0, 0.05) is 4.47 Å². The number of hydrogen-bond donors (Lipinski definition) is 0. The van der Waals surface area contributed by atoms with Crippen molar-refractivity contribution in [1.29, 1.82) is 0 Å². The molecule has 0 saturated carbocycles. The number of carbonyl (C=O) groups is 1. The molecule has 0 aromatic heterocycles. The van der Waals surface area contributed by atoms with Crippen molar-refractivity contribution in [2.75, 3.05) is 0 Å². The molecule has 0 fully saturated rings. The van der Waals surface area contributed by atoms with Crippen LogP contribution in [-0.2, 0) is 4.79 Å². The summed E-state index contributed by atoms with van der Waals surface area (Å²) >= 11 is 9.48. The van der Waals surface area contributed by atoms with Gasteiger partial charge in [0.05, 0.1) is 0 Å². The number of alkyl halides is 1. The standard InChI is InChI=1S/C8H5Br3O/c9-6-3-1-5(2-4-6)7(10)8(11)12/h1-4,7H/t7-/m0/s1. The fourth-order valence-corrected chi connectivity index (χ4v) is 1.60. The van der Waals surface area contributed by atoms with Gasteiger partial charge in [-0.25, -0.2) is 0 Å². The van der Waals surface area contributed by atoms with Gasteiger partial charge < -0.3 is 0 Å². The second-order valence-corrected chi connectivity index (χ2v) is 4.83. The summed E-state index contributed by atoms with van der Waals surface area (Å²) in [6.07, 6.45) is 0. The van der Waals surface area contributed by atoms with Crippen LogP contribution < -0.4 is 0 Å². The second kappa shape index (κ2) is 4.53. The minimum Gasteiger partial charge on any atom is -0.285 e. The average molecular weight is 357 g/mol. The van der Waals surface area contributed by atoms with Crippen molar-refractivity contribution >= 4 is 52.5 Å². The van der Waals surface area contributed by atoms with Gasteiger partial charge in [-0.1, -0.05) is 44.0 Å². The monoisotopic (exact) mass is 354 g/mol. The molecule has 64 valence electrons. The van der Waals surface area contributed by atoms with Crippen LogP contribution in [-0.4, -0.2) is 4.69 Å². The normalized spacial score (nSPS) is 12.6. The summed E-state index contributed by atoms with van der Waals surface area (Å²) < 4.78 is 0.942. The fraction of sp³-hybridized carbons (Fsp3) is 0.125. The van der Waals surface area contributed by atoms with E-state index < -0.39 is 0 Å². The quantitative estimate of drug-likeness (QED) is 0.582. The maximum absolute atomic E-state index is 10.9. The third-order valence-electron chi connectivity index (χ3n) is 1.36. The van der Waals surface area contributed by atoms with Crippen molar-refractivity contribution in [2.24, 2.45) is 0 Å². The molecule has 1 rings (SSSR count). The summed E-state index contributed by atoms with van der Waals surface area (Å²) in [5.74, 6) is 0. The molecular formula is C8H5Br3O. The van der Waals surface area contributed by atoms with Crippen molar-refractivity contribution in [3.63, 3.8) is 0 Å². The number of halogens is 3. The van der Waals surface area contributed by atoms with E-state index in [4.69, 9.17) is 0 Å². The van der Waals surface area contributed by atoms with Gasteiger partial charge in [-0.2, -0.15) is 0 Å². The molecule has 12 heavy (non-hydrogen) atoms. The molecule has 0 amide bonds. The van der Waals surface area contributed by atoms with Gasteiger partial charge in [-0.05, 0) is 33.6 Å². The Kier molecular flexibility index (Phi) is 3.93. The topological polar surface area (TPSA) is 17.1 Å². The first-order valence-electron chi connectivity index (χ1n) is 3.20. The van der Waals surface area contributed by atoms with Gasteiger partial charge in [-0.3, -0.25) is 4.79 Å². The molecule has 0 bridgehead atoms. The highest BCUT2D eigenvalue weighted by atomic mass is 79.9. The molecule has 0 N–H and O–H groups in total. The van der Waals surface area contributed by atoms with Crippen LogP contribution in [0.5, 0.6) is 0 Å². The Morgan fingerprint density at radius 1 is 1.25 bits per heavy atom. The predicted molar refractivity (Wildman–Crippen MR) is 59.7 cm³/mol. The fourth-order valence-electron chi connectivity index (χ4n) is 0.763.